The molecule has 6 heteroatoms. The summed E-state index contributed by atoms with van der Waals surface area (Å²) in [5, 5.41) is 4.27. The SMILES string of the molecule is COc1ccc(Nc2nc(N(C)C)c(Cc3ccc(Br)cc3)s2)cc1. The number of nitrogens with zero attached hydrogens (tertiary/aromatic N) is 2. The number of ether oxygens (including phenoxy) is 1. The number of nitrogens with one attached hydrogen (secondary N) is 1. The van der Waals surface area contributed by atoms with E-state index < -0.39 is 0 Å². The number of thiazole rings is 1. The minimum atomic E-state index is 0.842. The van der Waals surface area contributed by atoms with Crippen molar-refractivity contribution in [2.45, 2.75) is 6.42 Å². The fraction of sp³-hybridized carbons (Fsp3) is 0.211. The van der Waals surface area contributed by atoms with Gasteiger partial charge in [-0.15, -0.1) is 0 Å². The molecule has 1 heterocycles. The van der Waals surface area contributed by atoms with Crippen LogP contribution >= 0.6 is 27.3 Å². The van der Waals surface area contributed by atoms with Gasteiger partial charge in [-0.05, 0) is 42.0 Å². The number of rotatable bonds is 6. The minimum absolute atomic E-state index is 0.842. The summed E-state index contributed by atoms with van der Waals surface area (Å²) in [7, 11) is 5.72. The second-order valence-electron chi connectivity index (χ2n) is 5.82. The monoisotopic (exact) mass is 417 g/mol. The zero-order valence-corrected chi connectivity index (χ0v) is 16.8. The van der Waals surface area contributed by atoms with Crippen molar-refractivity contribution in [1.29, 1.82) is 0 Å². The van der Waals surface area contributed by atoms with E-state index in [9.17, 15) is 0 Å². The van der Waals surface area contributed by atoms with Crippen LogP contribution in [0, 0.1) is 0 Å². The van der Waals surface area contributed by atoms with Crippen LogP contribution in [0.5, 0.6) is 5.75 Å². The average Bonchev–Trinajstić information content (AvgIpc) is 3.00. The number of hydrogen-bond donors (Lipinski definition) is 1. The highest BCUT2D eigenvalue weighted by atomic mass is 79.9. The molecule has 0 aliphatic rings. The van der Waals surface area contributed by atoms with Crippen LogP contribution in [-0.2, 0) is 6.42 Å². The lowest BCUT2D eigenvalue weighted by Gasteiger charge is -2.11. The molecular weight excluding hydrogens is 398 g/mol. The van der Waals surface area contributed by atoms with Crippen molar-refractivity contribution in [1.82, 2.24) is 4.98 Å². The maximum Gasteiger partial charge on any atom is 0.189 e. The lowest BCUT2D eigenvalue weighted by molar-refractivity contribution is 0.415. The number of benzene rings is 2. The van der Waals surface area contributed by atoms with Gasteiger partial charge < -0.3 is 15.0 Å². The molecule has 0 radical (unpaired) electrons. The molecule has 0 bridgehead atoms. The van der Waals surface area contributed by atoms with Gasteiger partial charge in [0.2, 0.25) is 0 Å². The second-order valence-corrected chi connectivity index (χ2v) is 7.82. The molecule has 0 saturated carbocycles. The summed E-state index contributed by atoms with van der Waals surface area (Å²) in [4.78, 5) is 8.05. The van der Waals surface area contributed by atoms with E-state index in [0.29, 0.717) is 0 Å². The van der Waals surface area contributed by atoms with Gasteiger partial charge in [-0.3, -0.25) is 0 Å². The Morgan fingerprint density at radius 2 is 1.76 bits per heavy atom. The van der Waals surface area contributed by atoms with Gasteiger partial charge in [-0.25, -0.2) is 4.98 Å². The molecule has 130 valence electrons. The van der Waals surface area contributed by atoms with E-state index in [-0.39, 0.29) is 0 Å². The van der Waals surface area contributed by atoms with E-state index in [0.717, 1.165) is 33.3 Å². The normalized spacial score (nSPS) is 10.6. The van der Waals surface area contributed by atoms with Crippen molar-refractivity contribution >= 4 is 43.9 Å². The average molecular weight is 418 g/mol. The van der Waals surface area contributed by atoms with Crippen LogP contribution in [0.25, 0.3) is 0 Å². The first-order valence-corrected chi connectivity index (χ1v) is 9.48. The molecule has 3 aromatic rings. The van der Waals surface area contributed by atoms with E-state index in [4.69, 9.17) is 9.72 Å². The maximum absolute atomic E-state index is 5.20. The molecule has 0 aliphatic heterocycles. The fourth-order valence-electron chi connectivity index (χ4n) is 2.45. The molecule has 3 rings (SSSR count). The first kappa shape index (κ1) is 17.8. The predicted molar refractivity (Wildman–Crippen MR) is 110 cm³/mol. The molecule has 1 aromatic heterocycles. The van der Waals surface area contributed by atoms with Crippen LogP contribution in [0.1, 0.15) is 10.4 Å². The van der Waals surface area contributed by atoms with E-state index in [1.54, 1.807) is 18.4 Å². The number of aromatic nitrogens is 1. The van der Waals surface area contributed by atoms with E-state index in [2.05, 4.69) is 50.4 Å². The van der Waals surface area contributed by atoms with Gasteiger partial charge in [-0.2, -0.15) is 0 Å². The standard InChI is InChI=1S/C19H20BrN3OS/c1-23(2)18-17(12-13-4-6-14(20)7-5-13)25-19(22-18)21-15-8-10-16(24-3)11-9-15/h4-11H,12H2,1-3H3,(H,21,22). The number of halogens is 1. The molecular formula is C19H20BrN3OS. The van der Waals surface area contributed by atoms with Crippen LogP contribution in [0.3, 0.4) is 0 Å². The Labute approximate surface area is 160 Å². The number of methoxy groups -OCH3 is 1. The van der Waals surface area contributed by atoms with Gasteiger partial charge in [-0.1, -0.05) is 39.4 Å². The Balaban J connectivity index is 1.82. The van der Waals surface area contributed by atoms with Gasteiger partial charge in [0.1, 0.15) is 11.6 Å². The zero-order chi connectivity index (χ0) is 17.8. The molecule has 1 N–H and O–H groups in total. The van der Waals surface area contributed by atoms with Crippen LogP contribution in [-0.4, -0.2) is 26.2 Å². The topological polar surface area (TPSA) is 37.4 Å². The Bertz CT molecular complexity index is 829. The lowest BCUT2D eigenvalue weighted by atomic mass is 10.1. The van der Waals surface area contributed by atoms with Crippen LogP contribution in [0.15, 0.2) is 53.0 Å². The zero-order valence-electron chi connectivity index (χ0n) is 14.4. The van der Waals surface area contributed by atoms with Crippen LogP contribution in [0.2, 0.25) is 0 Å². The van der Waals surface area contributed by atoms with Crippen molar-refractivity contribution in [2.75, 3.05) is 31.4 Å². The van der Waals surface area contributed by atoms with Gasteiger partial charge in [0.25, 0.3) is 0 Å². The third-order valence-electron chi connectivity index (χ3n) is 3.72. The van der Waals surface area contributed by atoms with E-state index >= 15 is 0 Å². The van der Waals surface area contributed by atoms with Gasteiger partial charge in [0.15, 0.2) is 5.13 Å². The van der Waals surface area contributed by atoms with Crippen molar-refractivity contribution in [3.63, 3.8) is 0 Å². The third kappa shape index (κ3) is 4.52. The van der Waals surface area contributed by atoms with Gasteiger partial charge in [0, 0.05) is 30.7 Å². The van der Waals surface area contributed by atoms with Crippen molar-refractivity contribution in [3.05, 3.63) is 63.4 Å². The quantitative estimate of drug-likeness (QED) is 0.589. The summed E-state index contributed by atoms with van der Waals surface area (Å²) in [5.74, 6) is 1.85. The smallest absolute Gasteiger partial charge is 0.189 e. The lowest BCUT2D eigenvalue weighted by Crippen LogP contribution is -2.11. The summed E-state index contributed by atoms with van der Waals surface area (Å²) in [5.41, 5.74) is 2.26. The second kappa shape index (κ2) is 7.89. The van der Waals surface area contributed by atoms with E-state index in [1.165, 1.54) is 10.4 Å². The maximum atomic E-state index is 5.20. The molecule has 25 heavy (non-hydrogen) atoms. The molecule has 0 amide bonds. The van der Waals surface area contributed by atoms with E-state index in [1.807, 2.05) is 38.4 Å². The summed E-state index contributed by atoms with van der Waals surface area (Å²) < 4.78 is 6.29. The minimum Gasteiger partial charge on any atom is -0.497 e. The predicted octanol–water partition coefficient (Wildman–Crippen LogP) is 5.31. The van der Waals surface area contributed by atoms with Crippen molar-refractivity contribution in [2.24, 2.45) is 0 Å². The highest BCUT2D eigenvalue weighted by Gasteiger charge is 2.14. The van der Waals surface area contributed by atoms with Gasteiger partial charge >= 0.3 is 0 Å². The summed E-state index contributed by atoms with van der Waals surface area (Å²) in [6.45, 7) is 0. The number of anilines is 3. The molecule has 0 fully saturated rings. The van der Waals surface area contributed by atoms with Crippen LogP contribution in [0.4, 0.5) is 16.6 Å². The first-order valence-electron chi connectivity index (χ1n) is 7.87. The third-order valence-corrected chi connectivity index (χ3v) is 5.21. The summed E-state index contributed by atoms with van der Waals surface area (Å²) in [6, 6.07) is 16.3. The molecule has 0 atom stereocenters. The molecule has 0 saturated heterocycles. The first-order chi connectivity index (χ1) is 12.0. The van der Waals surface area contributed by atoms with Crippen LogP contribution < -0.4 is 15.0 Å². The number of hydrogen-bond acceptors (Lipinski definition) is 5. The Kier molecular flexibility index (Phi) is 5.60. The molecule has 0 spiro atoms. The van der Waals surface area contributed by atoms with Gasteiger partial charge in [0.05, 0.1) is 12.0 Å². The molecule has 0 unspecified atom stereocenters. The highest BCUT2D eigenvalue weighted by molar-refractivity contribution is 9.10. The molecule has 4 nitrogen and oxygen atoms in total. The highest BCUT2D eigenvalue weighted by Crippen LogP contribution is 2.33. The Morgan fingerprint density at radius 3 is 2.36 bits per heavy atom. The summed E-state index contributed by atoms with van der Waals surface area (Å²) in [6.07, 6.45) is 0.864. The Hall–Kier alpha value is -2.05. The van der Waals surface area contributed by atoms with Crippen molar-refractivity contribution < 1.29 is 4.74 Å². The summed E-state index contributed by atoms with van der Waals surface area (Å²) >= 11 is 5.17. The van der Waals surface area contributed by atoms with Crippen molar-refractivity contribution in [3.8, 4) is 5.75 Å². The largest absolute Gasteiger partial charge is 0.497 e. The Morgan fingerprint density at radius 1 is 1.08 bits per heavy atom. The molecule has 2 aromatic carbocycles. The molecule has 0 aliphatic carbocycles. The fourth-order valence-corrected chi connectivity index (χ4v) is 3.80.